The van der Waals surface area contributed by atoms with Crippen molar-refractivity contribution in [3.63, 3.8) is 0 Å². The molecule has 49 heavy (non-hydrogen) atoms. The summed E-state index contributed by atoms with van der Waals surface area (Å²) in [6, 6.07) is 3.07. The summed E-state index contributed by atoms with van der Waals surface area (Å²) in [4.78, 5) is 28.3. The highest BCUT2D eigenvalue weighted by Gasteiger charge is 2.32. The molecule has 0 spiro atoms. The van der Waals surface area contributed by atoms with Crippen LogP contribution in [-0.4, -0.2) is 80.8 Å². The summed E-state index contributed by atoms with van der Waals surface area (Å²) in [6.45, 7) is 3.53. The van der Waals surface area contributed by atoms with Crippen LogP contribution in [-0.2, 0) is 40.3 Å². The van der Waals surface area contributed by atoms with Crippen molar-refractivity contribution in [3.8, 4) is 11.5 Å². The SMILES string of the molecule is COCCOCCCc1c(O)c2c(=O)cc(CO)c3c4c(CO)cc(NCCOCCCO)c5c(=O)c(OC)c6c(c(c1C=C(C)C6)c23)c54. The summed E-state index contributed by atoms with van der Waals surface area (Å²) in [5.41, 5.74) is 3.51. The molecule has 0 saturated heterocycles. The van der Waals surface area contributed by atoms with Crippen LogP contribution in [0.25, 0.3) is 49.2 Å². The Morgan fingerprint density at radius 1 is 0.776 bits per heavy atom. The second-order valence-corrected chi connectivity index (χ2v) is 12.5. The summed E-state index contributed by atoms with van der Waals surface area (Å²) in [5.74, 6) is 0.0671. The molecule has 11 nitrogen and oxygen atoms in total. The van der Waals surface area contributed by atoms with Crippen LogP contribution in [0.3, 0.4) is 0 Å². The number of ether oxygens (including phenoxy) is 4. The highest BCUT2D eigenvalue weighted by molar-refractivity contribution is 6.38. The Hall–Kier alpha value is -4.10. The predicted molar refractivity (Wildman–Crippen MR) is 191 cm³/mol. The monoisotopic (exact) mass is 673 g/mol. The standard InChI is InChI=1S/C38H43NO10/c1-20-14-24-23(6-4-9-49-13-12-46-2)36(44)33-27(43)17-22(19-42)29-28-21(18-41)16-26(39-7-11-48-10-5-8-40)32-34(28)31(30(24)35(29)33)25(15-20)38(47-3)37(32)45/h14,16-17,39-42,44H,4-13,15,18-19H2,1-3H3. The van der Waals surface area contributed by atoms with E-state index in [0.717, 1.165) is 11.1 Å². The van der Waals surface area contributed by atoms with Crippen LogP contribution in [0.1, 0.15) is 47.6 Å². The topological polar surface area (TPSA) is 164 Å². The molecule has 5 N–H and O–H groups in total. The fourth-order valence-corrected chi connectivity index (χ4v) is 7.49. The highest BCUT2D eigenvalue weighted by atomic mass is 16.5. The van der Waals surface area contributed by atoms with E-state index in [1.54, 1.807) is 13.2 Å². The number of aliphatic hydroxyl groups is 3. The molecule has 0 aromatic heterocycles. The van der Waals surface area contributed by atoms with Gasteiger partial charge in [0.2, 0.25) is 5.43 Å². The van der Waals surface area contributed by atoms with E-state index in [4.69, 9.17) is 24.1 Å². The first-order chi connectivity index (χ1) is 23.8. The Bertz CT molecular complexity index is 2160. The molecule has 0 atom stereocenters. The highest BCUT2D eigenvalue weighted by Crippen LogP contribution is 2.52. The first-order valence-electron chi connectivity index (χ1n) is 16.6. The Morgan fingerprint density at radius 3 is 2.16 bits per heavy atom. The van der Waals surface area contributed by atoms with Gasteiger partial charge >= 0.3 is 0 Å². The third-order valence-electron chi connectivity index (χ3n) is 9.46. The largest absolute Gasteiger partial charge is 0.507 e. The van der Waals surface area contributed by atoms with Crippen molar-refractivity contribution in [1.82, 2.24) is 0 Å². The number of aromatic hydroxyl groups is 1. The zero-order chi connectivity index (χ0) is 34.8. The molecule has 0 fully saturated rings. The van der Waals surface area contributed by atoms with Crippen molar-refractivity contribution in [3.05, 3.63) is 66.0 Å². The van der Waals surface area contributed by atoms with Gasteiger partial charge in [-0.3, -0.25) is 9.59 Å². The molecule has 0 heterocycles. The van der Waals surface area contributed by atoms with E-state index in [1.165, 1.54) is 13.2 Å². The number of hydrogen-bond donors (Lipinski definition) is 5. The van der Waals surface area contributed by atoms with E-state index < -0.39 is 12.0 Å². The lowest BCUT2D eigenvalue weighted by atomic mass is 9.80. The van der Waals surface area contributed by atoms with Crippen LogP contribution < -0.4 is 20.9 Å². The molecule has 0 saturated carbocycles. The maximum absolute atomic E-state index is 14.5. The van der Waals surface area contributed by atoms with Crippen LogP contribution in [0, 0.1) is 0 Å². The third kappa shape index (κ3) is 5.94. The van der Waals surface area contributed by atoms with Gasteiger partial charge in [-0.2, -0.15) is 0 Å². The van der Waals surface area contributed by atoms with Gasteiger partial charge in [0.05, 0.1) is 50.9 Å². The maximum Gasteiger partial charge on any atom is 0.230 e. The van der Waals surface area contributed by atoms with E-state index in [-0.39, 0.29) is 35.5 Å². The molecule has 0 amide bonds. The normalized spacial score (nSPS) is 13.0. The fourth-order valence-electron chi connectivity index (χ4n) is 7.49. The van der Waals surface area contributed by atoms with Gasteiger partial charge in [-0.1, -0.05) is 11.6 Å². The van der Waals surface area contributed by atoms with Crippen LogP contribution in [0.2, 0.25) is 0 Å². The number of aliphatic hydroxyl groups excluding tert-OH is 3. The average molecular weight is 674 g/mol. The molecular weight excluding hydrogens is 630 g/mol. The lowest BCUT2D eigenvalue weighted by molar-refractivity contribution is 0.0695. The minimum absolute atomic E-state index is 0.0275. The number of phenols is 1. The second kappa shape index (κ2) is 14.8. The Balaban J connectivity index is 1.75. The summed E-state index contributed by atoms with van der Waals surface area (Å²) in [5, 5.41) is 49.9. The van der Waals surface area contributed by atoms with E-state index in [0.29, 0.717) is 131 Å². The van der Waals surface area contributed by atoms with Gasteiger partial charge in [0.15, 0.2) is 11.2 Å². The molecule has 0 aliphatic heterocycles. The molecule has 11 heteroatoms. The summed E-state index contributed by atoms with van der Waals surface area (Å²) in [6.07, 6.45) is 3.89. The minimum Gasteiger partial charge on any atom is -0.507 e. The van der Waals surface area contributed by atoms with Crippen LogP contribution in [0.5, 0.6) is 11.5 Å². The first kappa shape index (κ1) is 34.8. The predicted octanol–water partition coefficient (Wildman–Crippen LogP) is 3.96. The van der Waals surface area contributed by atoms with E-state index in [9.17, 15) is 24.9 Å². The van der Waals surface area contributed by atoms with Crippen molar-refractivity contribution >= 4 is 54.9 Å². The molecule has 1 aliphatic rings. The number of benzene rings is 5. The number of nitrogens with one attached hydrogen (secondary N) is 1. The van der Waals surface area contributed by atoms with Gasteiger partial charge in [0.1, 0.15) is 5.75 Å². The van der Waals surface area contributed by atoms with Gasteiger partial charge in [-0.15, -0.1) is 0 Å². The van der Waals surface area contributed by atoms with Gasteiger partial charge in [0, 0.05) is 61.1 Å². The zero-order valence-corrected chi connectivity index (χ0v) is 28.2. The van der Waals surface area contributed by atoms with Crippen molar-refractivity contribution in [2.75, 3.05) is 65.7 Å². The van der Waals surface area contributed by atoms with Crippen molar-refractivity contribution in [2.45, 2.75) is 45.8 Å². The van der Waals surface area contributed by atoms with Crippen molar-refractivity contribution in [1.29, 1.82) is 0 Å². The number of fused-ring (bicyclic) bond motifs is 1. The molecule has 0 unspecified atom stereocenters. The Labute approximate surface area is 283 Å². The number of rotatable bonds is 17. The maximum atomic E-state index is 14.5. The van der Waals surface area contributed by atoms with Gasteiger partial charge < -0.3 is 44.7 Å². The molecule has 6 rings (SSSR count). The van der Waals surface area contributed by atoms with E-state index >= 15 is 0 Å². The number of anilines is 1. The van der Waals surface area contributed by atoms with Gasteiger partial charge in [-0.05, 0) is 83.0 Å². The lowest BCUT2D eigenvalue weighted by Crippen LogP contribution is -2.17. The minimum atomic E-state index is -0.467. The molecule has 0 radical (unpaired) electrons. The average Bonchev–Trinajstić information content (AvgIpc) is 3.24. The first-order valence-corrected chi connectivity index (χ1v) is 16.6. The fraction of sp³-hybridized carbons (Fsp3) is 0.421. The van der Waals surface area contributed by atoms with Crippen molar-refractivity contribution in [2.24, 2.45) is 0 Å². The molecule has 1 aliphatic carbocycles. The zero-order valence-electron chi connectivity index (χ0n) is 28.2. The summed E-state index contributed by atoms with van der Waals surface area (Å²) < 4.78 is 22.3. The van der Waals surface area contributed by atoms with Crippen molar-refractivity contribution < 1.29 is 39.4 Å². The van der Waals surface area contributed by atoms with E-state index in [2.05, 4.69) is 5.32 Å². The van der Waals surface area contributed by atoms with Crippen LogP contribution >= 0.6 is 0 Å². The Morgan fingerprint density at radius 2 is 1.47 bits per heavy atom. The number of methoxy groups -OCH3 is 2. The molecule has 260 valence electrons. The van der Waals surface area contributed by atoms with E-state index in [1.807, 2.05) is 13.0 Å². The molecule has 5 aromatic carbocycles. The number of allylic oxidation sites excluding steroid dienone is 1. The van der Waals surface area contributed by atoms with Crippen LogP contribution in [0.15, 0.2) is 27.3 Å². The smallest absolute Gasteiger partial charge is 0.230 e. The summed E-state index contributed by atoms with van der Waals surface area (Å²) >= 11 is 0. The van der Waals surface area contributed by atoms with Crippen LogP contribution in [0.4, 0.5) is 5.69 Å². The molecule has 5 aromatic rings. The molecular formula is C38H43NO10. The van der Waals surface area contributed by atoms with Gasteiger partial charge in [0.25, 0.3) is 0 Å². The quantitative estimate of drug-likeness (QED) is 0.0552. The third-order valence-corrected chi connectivity index (χ3v) is 9.46. The summed E-state index contributed by atoms with van der Waals surface area (Å²) in [7, 11) is 3.08. The lowest BCUT2D eigenvalue weighted by Gasteiger charge is -2.25. The molecule has 0 bridgehead atoms. The van der Waals surface area contributed by atoms with Gasteiger partial charge in [-0.25, -0.2) is 0 Å². The second-order valence-electron chi connectivity index (χ2n) is 12.5. The number of hydrogen-bond acceptors (Lipinski definition) is 11. The Kier molecular flexibility index (Phi) is 10.5. The number of phenolic OH excluding ortho intramolecular Hbond substituents is 1.